The molecule has 0 aliphatic carbocycles. The van der Waals surface area contributed by atoms with E-state index in [9.17, 15) is 4.79 Å². The number of amides is 1. The number of hydrogen-bond acceptors (Lipinski definition) is 2. The van der Waals surface area contributed by atoms with Crippen LogP contribution in [0.3, 0.4) is 0 Å². The SMILES string of the molecule is COc1c(Cl)cc(Cl)cc1C=CC(=O)Nc1c(C)cccc1C. The van der Waals surface area contributed by atoms with E-state index in [0.29, 0.717) is 21.4 Å². The number of carbonyl (C=O) groups excluding carboxylic acids is 1. The van der Waals surface area contributed by atoms with Gasteiger partial charge in [0.1, 0.15) is 5.75 Å². The van der Waals surface area contributed by atoms with Gasteiger partial charge >= 0.3 is 0 Å². The van der Waals surface area contributed by atoms with Gasteiger partial charge in [-0.05, 0) is 43.2 Å². The van der Waals surface area contributed by atoms with Gasteiger partial charge in [-0.25, -0.2) is 0 Å². The number of rotatable bonds is 4. The van der Waals surface area contributed by atoms with Gasteiger partial charge in [0.2, 0.25) is 5.91 Å². The second kappa shape index (κ2) is 7.53. The molecular formula is C18H17Cl2NO2. The largest absolute Gasteiger partial charge is 0.495 e. The van der Waals surface area contributed by atoms with Crippen molar-refractivity contribution in [2.75, 3.05) is 12.4 Å². The van der Waals surface area contributed by atoms with Gasteiger partial charge in [0.25, 0.3) is 0 Å². The Morgan fingerprint density at radius 2 is 1.83 bits per heavy atom. The van der Waals surface area contributed by atoms with Crippen molar-refractivity contribution < 1.29 is 9.53 Å². The molecule has 2 aromatic rings. The van der Waals surface area contributed by atoms with E-state index in [4.69, 9.17) is 27.9 Å². The van der Waals surface area contributed by atoms with Crippen molar-refractivity contribution in [2.45, 2.75) is 13.8 Å². The van der Waals surface area contributed by atoms with Gasteiger partial charge in [0, 0.05) is 22.3 Å². The predicted octanol–water partition coefficient (Wildman–Crippen LogP) is 5.27. The van der Waals surface area contributed by atoms with Crippen LogP contribution in [0.5, 0.6) is 5.75 Å². The standard InChI is InChI=1S/C18H17Cl2NO2/c1-11-5-4-6-12(2)17(11)21-16(22)8-7-13-9-14(19)10-15(20)18(13)23-3/h4-10H,1-3H3,(H,21,22). The summed E-state index contributed by atoms with van der Waals surface area (Å²) in [7, 11) is 1.52. The Balaban J connectivity index is 2.22. The highest BCUT2D eigenvalue weighted by Crippen LogP contribution is 2.33. The van der Waals surface area contributed by atoms with E-state index in [1.54, 1.807) is 18.2 Å². The monoisotopic (exact) mass is 349 g/mol. The molecule has 1 amide bonds. The topological polar surface area (TPSA) is 38.3 Å². The number of ether oxygens (including phenoxy) is 1. The van der Waals surface area contributed by atoms with Crippen LogP contribution >= 0.6 is 23.2 Å². The molecule has 5 heteroatoms. The van der Waals surface area contributed by atoms with Gasteiger partial charge in [0.15, 0.2) is 0 Å². The van der Waals surface area contributed by atoms with E-state index in [0.717, 1.165) is 16.8 Å². The van der Waals surface area contributed by atoms with E-state index in [2.05, 4.69) is 5.32 Å². The van der Waals surface area contributed by atoms with E-state index in [-0.39, 0.29) is 5.91 Å². The Morgan fingerprint density at radius 1 is 1.17 bits per heavy atom. The summed E-state index contributed by atoms with van der Waals surface area (Å²) in [4.78, 5) is 12.2. The molecule has 0 saturated heterocycles. The normalized spacial score (nSPS) is 10.8. The number of nitrogens with one attached hydrogen (secondary N) is 1. The van der Waals surface area contributed by atoms with Crippen molar-refractivity contribution in [1.29, 1.82) is 0 Å². The number of para-hydroxylation sites is 1. The number of carbonyl (C=O) groups is 1. The lowest BCUT2D eigenvalue weighted by Gasteiger charge is -2.10. The Kier molecular flexibility index (Phi) is 5.69. The average Bonchev–Trinajstić information content (AvgIpc) is 2.48. The molecule has 23 heavy (non-hydrogen) atoms. The first-order valence-corrected chi connectivity index (χ1v) is 7.76. The molecule has 0 bridgehead atoms. The second-order valence-electron chi connectivity index (χ2n) is 5.10. The Morgan fingerprint density at radius 3 is 2.43 bits per heavy atom. The zero-order valence-electron chi connectivity index (χ0n) is 13.1. The minimum atomic E-state index is -0.236. The molecular weight excluding hydrogens is 333 g/mol. The molecule has 0 spiro atoms. The van der Waals surface area contributed by atoms with Crippen molar-refractivity contribution >= 4 is 40.9 Å². The van der Waals surface area contributed by atoms with Crippen LogP contribution in [0, 0.1) is 13.8 Å². The molecule has 2 rings (SSSR count). The van der Waals surface area contributed by atoms with Crippen molar-refractivity contribution in [1.82, 2.24) is 0 Å². The van der Waals surface area contributed by atoms with Crippen molar-refractivity contribution in [3.05, 3.63) is 63.1 Å². The summed E-state index contributed by atoms with van der Waals surface area (Å²) in [5.41, 5.74) is 3.48. The van der Waals surface area contributed by atoms with Gasteiger partial charge in [-0.3, -0.25) is 4.79 Å². The third-order valence-electron chi connectivity index (χ3n) is 3.38. The molecule has 1 N–H and O–H groups in total. The molecule has 2 aromatic carbocycles. The third kappa shape index (κ3) is 4.27. The first kappa shape index (κ1) is 17.4. The van der Waals surface area contributed by atoms with Crippen LogP contribution in [0.15, 0.2) is 36.4 Å². The Hall–Kier alpha value is -1.97. The Bertz CT molecular complexity index is 750. The quantitative estimate of drug-likeness (QED) is 0.763. The third-order valence-corrected chi connectivity index (χ3v) is 3.88. The van der Waals surface area contributed by atoms with Crippen LogP contribution in [-0.4, -0.2) is 13.0 Å². The number of benzene rings is 2. The van der Waals surface area contributed by atoms with Gasteiger partial charge in [0.05, 0.1) is 12.1 Å². The molecule has 0 saturated carbocycles. The van der Waals surface area contributed by atoms with Crippen LogP contribution in [-0.2, 0) is 4.79 Å². The van der Waals surface area contributed by atoms with Crippen LogP contribution in [0.25, 0.3) is 6.08 Å². The van der Waals surface area contributed by atoms with E-state index >= 15 is 0 Å². The molecule has 0 aliphatic rings. The lowest BCUT2D eigenvalue weighted by atomic mass is 10.1. The van der Waals surface area contributed by atoms with Crippen molar-refractivity contribution in [3.63, 3.8) is 0 Å². The molecule has 0 unspecified atom stereocenters. The molecule has 0 fully saturated rings. The predicted molar refractivity (Wildman–Crippen MR) is 96.6 cm³/mol. The summed E-state index contributed by atoms with van der Waals surface area (Å²) < 4.78 is 5.25. The molecule has 0 aliphatic heterocycles. The van der Waals surface area contributed by atoms with E-state index in [1.165, 1.54) is 13.2 Å². The summed E-state index contributed by atoms with van der Waals surface area (Å²) in [5.74, 6) is 0.243. The van der Waals surface area contributed by atoms with Gasteiger partial charge in [-0.2, -0.15) is 0 Å². The Labute approximate surface area is 145 Å². The van der Waals surface area contributed by atoms with Crippen molar-refractivity contribution in [2.24, 2.45) is 0 Å². The summed E-state index contributed by atoms with van der Waals surface area (Å²) in [6.45, 7) is 3.90. The highest BCUT2D eigenvalue weighted by molar-refractivity contribution is 6.36. The summed E-state index contributed by atoms with van der Waals surface area (Å²) in [5, 5.41) is 3.76. The first-order chi connectivity index (χ1) is 10.9. The minimum Gasteiger partial charge on any atom is -0.495 e. The fourth-order valence-corrected chi connectivity index (χ4v) is 2.85. The average molecular weight is 350 g/mol. The fourth-order valence-electron chi connectivity index (χ4n) is 2.26. The number of hydrogen-bond donors (Lipinski definition) is 1. The zero-order chi connectivity index (χ0) is 17.0. The zero-order valence-corrected chi connectivity index (χ0v) is 14.6. The van der Waals surface area contributed by atoms with Crippen LogP contribution in [0.4, 0.5) is 5.69 Å². The van der Waals surface area contributed by atoms with Crippen molar-refractivity contribution in [3.8, 4) is 5.75 Å². The molecule has 0 atom stereocenters. The fraction of sp³-hybridized carbons (Fsp3) is 0.167. The highest BCUT2D eigenvalue weighted by atomic mass is 35.5. The molecule has 120 valence electrons. The smallest absolute Gasteiger partial charge is 0.248 e. The highest BCUT2D eigenvalue weighted by Gasteiger charge is 2.09. The lowest BCUT2D eigenvalue weighted by molar-refractivity contribution is -0.111. The number of anilines is 1. The summed E-state index contributed by atoms with van der Waals surface area (Å²) in [6.07, 6.45) is 3.05. The second-order valence-corrected chi connectivity index (χ2v) is 5.94. The number of methoxy groups -OCH3 is 1. The minimum absolute atomic E-state index is 0.236. The summed E-state index contributed by atoms with van der Waals surface area (Å²) in [6, 6.07) is 9.14. The van der Waals surface area contributed by atoms with Crippen LogP contribution < -0.4 is 10.1 Å². The maximum atomic E-state index is 12.2. The molecule has 3 nitrogen and oxygen atoms in total. The number of aryl methyl sites for hydroxylation is 2. The molecule has 0 heterocycles. The maximum Gasteiger partial charge on any atom is 0.248 e. The van der Waals surface area contributed by atoms with Crippen LogP contribution in [0.2, 0.25) is 10.0 Å². The maximum absolute atomic E-state index is 12.2. The van der Waals surface area contributed by atoms with Gasteiger partial charge in [-0.15, -0.1) is 0 Å². The van der Waals surface area contributed by atoms with Gasteiger partial charge < -0.3 is 10.1 Å². The molecule has 0 aromatic heterocycles. The van der Waals surface area contributed by atoms with Gasteiger partial charge in [-0.1, -0.05) is 41.4 Å². The summed E-state index contributed by atoms with van der Waals surface area (Å²) >= 11 is 12.1. The van der Waals surface area contributed by atoms with Crippen LogP contribution in [0.1, 0.15) is 16.7 Å². The number of halogens is 2. The lowest BCUT2D eigenvalue weighted by Crippen LogP contribution is -2.10. The van der Waals surface area contributed by atoms with E-state index in [1.807, 2.05) is 32.0 Å². The first-order valence-electron chi connectivity index (χ1n) is 7.00. The van der Waals surface area contributed by atoms with E-state index < -0.39 is 0 Å². The molecule has 0 radical (unpaired) electrons.